The van der Waals surface area contributed by atoms with Crippen LogP contribution in [0.5, 0.6) is 0 Å². The molecule has 2 atom stereocenters. The lowest BCUT2D eigenvalue weighted by atomic mass is 9.96. The van der Waals surface area contributed by atoms with E-state index >= 15 is 0 Å². The van der Waals surface area contributed by atoms with Crippen molar-refractivity contribution in [2.45, 2.75) is 59.1 Å². The van der Waals surface area contributed by atoms with Gasteiger partial charge in [-0.3, -0.25) is 9.48 Å². The van der Waals surface area contributed by atoms with E-state index in [2.05, 4.69) is 18.9 Å². The van der Waals surface area contributed by atoms with Crippen LogP contribution in [0.1, 0.15) is 62.3 Å². The van der Waals surface area contributed by atoms with Gasteiger partial charge in [0.2, 0.25) is 0 Å². The summed E-state index contributed by atoms with van der Waals surface area (Å²) in [4.78, 5) is 14.5. The molecule has 1 aromatic heterocycles. The van der Waals surface area contributed by atoms with Gasteiger partial charge in [-0.15, -0.1) is 0 Å². The van der Waals surface area contributed by atoms with Gasteiger partial charge in [-0.2, -0.15) is 5.10 Å². The Balaban J connectivity index is 2.23. The zero-order chi connectivity index (χ0) is 15.6. The predicted molar refractivity (Wildman–Crippen MR) is 82.3 cm³/mol. The molecule has 0 aliphatic carbocycles. The number of aryl methyl sites for hydroxylation is 1. The van der Waals surface area contributed by atoms with Crippen molar-refractivity contribution in [1.29, 1.82) is 0 Å². The van der Waals surface area contributed by atoms with E-state index in [9.17, 15) is 9.90 Å². The maximum atomic E-state index is 12.8. The van der Waals surface area contributed by atoms with Gasteiger partial charge in [-0.1, -0.05) is 20.8 Å². The third-order valence-corrected chi connectivity index (χ3v) is 4.57. The first-order chi connectivity index (χ1) is 9.97. The molecular weight excluding hydrogens is 266 g/mol. The Morgan fingerprint density at radius 3 is 2.71 bits per heavy atom. The summed E-state index contributed by atoms with van der Waals surface area (Å²) in [5, 5.41) is 14.5. The van der Waals surface area contributed by atoms with E-state index in [4.69, 9.17) is 0 Å². The van der Waals surface area contributed by atoms with Crippen molar-refractivity contribution in [2.75, 3.05) is 13.1 Å². The van der Waals surface area contributed by atoms with Crippen LogP contribution in [0, 0.1) is 12.8 Å². The number of carbonyl (C=O) groups is 1. The highest BCUT2D eigenvalue weighted by Crippen LogP contribution is 2.22. The van der Waals surface area contributed by atoms with Crippen molar-refractivity contribution >= 4 is 5.91 Å². The number of likely N-dealkylation sites (tertiary alicyclic amines) is 1. The highest BCUT2D eigenvalue weighted by Gasteiger charge is 2.30. The summed E-state index contributed by atoms with van der Waals surface area (Å²) in [6.07, 6.45) is 2.34. The average Bonchev–Trinajstić information content (AvgIpc) is 2.84. The second kappa shape index (κ2) is 6.60. The molecule has 2 heterocycles. The van der Waals surface area contributed by atoms with Crippen LogP contribution in [0.3, 0.4) is 0 Å². The molecule has 0 spiro atoms. The topological polar surface area (TPSA) is 58.4 Å². The first kappa shape index (κ1) is 16.0. The molecule has 1 aliphatic heterocycles. The standard InChI is InChI=1S/C16H27N3O2/c1-5-13(6-2)19-14(9-12(4)17-19)16(21)18-8-7-11(3)15(20)10-18/h9,11,13,15,20H,5-8,10H2,1-4H3. The van der Waals surface area contributed by atoms with Crippen LogP contribution < -0.4 is 0 Å². The number of rotatable bonds is 4. The molecule has 118 valence electrons. The summed E-state index contributed by atoms with van der Waals surface area (Å²) in [5.41, 5.74) is 1.53. The fourth-order valence-electron chi connectivity index (χ4n) is 2.98. The van der Waals surface area contributed by atoms with Crippen molar-refractivity contribution in [3.05, 3.63) is 17.5 Å². The van der Waals surface area contributed by atoms with Gasteiger partial charge in [0.25, 0.3) is 5.91 Å². The number of piperidine rings is 1. The monoisotopic (exact) mass is 293 g/mol. The van der Waals surface area contributed by atoms with Crippen LogP contribution in [0.25, 0.3) is 0 Å². The summed E-state index contributed by atoms with van der Waals surface area (Å²) < 4.78 is 1.88. The molecule has 2 unspecified atom stereocenters. The third kappa shape index (κ3) is 3.28. The maximum Gasteiger partial charge on any atom is 0.272 e. The second-order valence-electron chi connectivity index (χ2n) is 6.17. The van der Waals surface area contributed by atoms with E-state index in [0.717, 1.165) is 25.0 Å². The fourth-order valence-corrected chi connectivity index (χ4v) is 2.98. The van der Waals surface area contributed by atoms with E-state index in [-0.39, 0.29) is 17.9 Å². The lowest BCUT2D eigenvalue weighted by Crippen LogP contribution is -2.46. The van der Waals surface area contributed by atoms with Crippen molar-refractivity contribution < 1.29 is 9.90 Å². The number of β-amino-alcohol motifs (C(OH)–C–C–N with tert-alkyl or cyclic N) is 1. The normalized spacial score (nSPS) is 22.9. The summed E-state index contributed by atoms with van der Waals surface area (Å²) in [5.74, 6) is 0.258. The molecule has 1 aromatic rings. The average molecular weight is 293 g/mol. The molecule has 2 rings (SSSR count). The summed E-state index contributed by atoms with van der Waals surface area (Å²) in [6.45, 7) is 9.32. The van der Waals surface area contributed by atoms with E-state index < -0.39 is 6.10 Å². The second-order valence-corrected chi connectivity index (χ2v) is 6.17. The molecule has 1 N–H and O–H groups in total. The predicted octanol–water partition coefficient (Wildman–Crippen LogP) is 2.40. The molecule has 5 heteroatoms. The molecule has 1 fully saturated rings. The van der Waals surface area contributed by atoms with Gasteiger partial charge in [0.15, 0.2) is 0 Å². The van der Waals surface area contributed by atoms with Gasteiger partial charge in [0, 0.05) is 13.1 Å². The lowest BCUT2D eigenvalue weighted by Gasteiger charge is -2.34. The van der Waals surface area contributed by atoms with Crippen LogP contribution in [-0.2, 0) is 0 Å². The van der Waals surface area contributed by atoms with Crippen LogP contribution in [-0.4, -0.2) is 44.9 Å². The molecule has 21 heavy (non-hydrogen) atoms. The van der Waals surface area contributed by atoms with Gasteiger partial charge >= 0.3 is 0 Å². The summed E-state index contributed by atoms with van der Waals surface area (Å²) in [6, 6.07) is 2.12. The van der Waals surface area contributed by atoms with Crippen LogP contribution >= 0.6 is 0 Å². The van der Waals surface area contributed by atoms with Gasteiger partial charge in [-0.05, 0) is 38.2 Å². The zero-order valence-corrected chi connectivity index (χ0v) is 13.5. The van der Waals surface area contributed by atoms with Gasteiger partial charge in [0.05, 0.1) is 17.8 Å². The van der Waals surface area contributed by atoms with Crippen molar-refractivity contribution in [2.24, 2.45) is 5.92 Å². The van der Waals surface area contributed by atoms with Crippen LogP contribution in [0.2, 0.25) is 0 Å². The Kier molecular flexibility index (Phi) is 5.04. The minimum absolute atomic E-state index is 0.00606. The summed E-state index contributed by atoms with van der Waals surface area (Å²) in [7, 11) is 0. The molecule has 1 saturated heterocycles. The minimum Gasteiger partial charge on any atom is -0.391 e. The molecule has 0 aromatic carbocycles. The Morgan fingerprint density at radius 1 is 1.48 bits per heavy atom. The molecule has 5 nitrogen and oxygen atoms in total. The van der Waals surface area contributed by atoms with Gasteiger partial charge in [-0.25, -0.2) is 0 Å². The Bertz CT molecular complexity index is 494. The largest absolute Gasteiger partial charge is 0.391 e. The fraction of sp³-hybridized carbons (Fsp3) is 0.750. The number of aliphatic hydroxyl groups excluding tert-OH is 1. The Morgan fingerprint density at radius 2 is 2.14 bits per heavy atom. The van der Waals surface area contributed by atoms with E-state index in [1.54, 1.807) is 4.90 Å². The SMILES string of the molecule is CCC(CC)n1nc(C)cc1C(=O)N1CCC(C)C(O)C1. The van der Waals surface area contributed by atoms with Crippen molar-refractivity contribution in [3.63, 3.8) is 0 Å². The molecule has 1 aliphatic rings. The number of aliphatic hydroxyl groups is 1. The highest BCUT2D eigenvalue weighted by atomic mass is 16.3. The van der Waals surface area contributed by atoms with Crippen LogP contribution in [0.4, 0.5) is 0 Å². The van der Waals surface area contributed by atoms with Gasteiger partial charge in [0.1, 0.15) is 5.69 Å². The first-order valence-electron chi connectivity index (χ1n) is 8.01. The Labute approximate surface area is 126 Å². The van der Waals surface area contributed by atoms with E-state index in [1.807, 2.05) is 24.6 Å². The number of amides is 1. The van der Waals surface area contributed by atoms with E-state index in [1.165, 1.54) is 0 Å². The third-order valence-electron chi connectivity index (χ3n) is 4.57. The number of carbonyl (C=O) groups excluding carboxylic acids is 1. The number of nitrogens with zero attached hydrogens (tertiary/aromatic N) is 3. The highest BCUT2D eigenvalue weighted by molar-refractivity contribution is 5.92. The van der Waals surface area contributed by atoms with Gasteiger partial charge < -0.3 is 10.0 Å². The van der Waals surface area contributed by atoms with E-state index in [0.29, 0.717) is 18.8 Å². The lowest BCUT2D eigenvalue weighted by molar-refractivity contribution is 0.0240. The summed E-state index contributed by atoms with van der Waals surface area (Å²) >= 11 is 0. The molecular formula is C16H27N3O2. The first-order valence-corrected chi connectivity index (χ1v) is 8.01. The molecule has 0 radical (unpaired) electrons. The van der Waals surface area contributed by atoms with Crippen molar-refractivity contribution in [1.82, 2.24) is 14.7 Å². The molecule has 0 bridgehead atoms. The number of aromatic nitrogens is 2. The quantitative estimate of drug-likeness (QED) is 0.927. The minimum atomic E-state index is -0.423. The maximum absolute atomic E-state index is 12.8. The zero-order valence-electron chi connectivity index (χ0n) is 13.5. The number of hydrogen-bond acceptors (Lipinski definition) is 3. The van der Waals surface area contributed by atoms with Crippen LogP contribution in [0.15, 0.2) is 6.07 Å². The Hall–Kier alpha value is -1.36. The molecule has 0 saturated carbocycles. The smallest absolute Gasteiger partial charge is 0.272 e. The number of hydrogen-bond donors (Lipinski definition) is 1. The molecule has 1 amide bonds. The van der Waals surface area contributed by atoms with Crippen molar-refractivity contribution in [3.8, 4) is 0 Å².